The van der Waals surface area contributed by atoms with Crippen LogP contribution in [0.5, 0.6) is 5.75 Å². The number of nitrogens with two attached hydrogens (primary N) is 1. The fraction of sp³-hybridized carbons (Fsp3) is 0.379. The van der Waals surface area contributed by atoms with Crippen molar-refractivity contribution < 1.29 is 21.9 Å². The predicted octanol–water partition coefficient (Wildman–Crippen LogP) is 4.53. The molecule has 38 heavy (non-hydrogen) atoms. The summed E-state index contributed by atoms with van der Waals surface area (Å²) in [5, 5.41) is 5.31. The van der Waals surface area contributed by atoms with Gasteiger partial charge in [0.05, 0.1) is 4.90 Å². The fourth-order valence-corrected chi connectivity index (χ4v) is 5.82. The molecular formula is C29H35F2N3O3S. The Morgan fingerprint density at radius 2 is 1.50 bits per heavy atom. The fourth-order valence-electron chi connectivity index (χ4n) is 4.90. The highest BCUT2D eigenvalue weighted by atomic mass is 32.2. The van der Waals surface area contributed by atoms with Crippen molar-refractivity contribution in [1.82, 2.24) is 4.90 Å². The van der Waals surface area contributed by atoms with Crippen LogP contribution in [0.2, 0.25) is 0 Å². The van der Waals surface area contributed by atoms with E-state index in [1.807, 2.05) is 0 Å². The molecule has 3 aromatic rings. The van der Waals surface area contributed by atoms with Gasteiger partial charge in [0, 0.05) is 38.4 Å². The first kappa shape index (κ1) is 28.0. The van der Waals surface area contributed by atoms with Crippen molar-refractivity contribution in [2.24, 2.45) is 5.14 Å². The molecule has 1 atom stereocenters. The van der Waals surface area contributed by atoms with Gasteiger partial charge < -0.3 is 9.64 Å². The molecule has 0 amide bonds. The van der Waals surface area contributed by atoms with Crippen molar-refractivity contribution in [2.75, 3.05) is 44.2 Å². The molecule has 1 heterocycles. The van der Waals surface area contributed by atoms with Gasteiger partial charge in [0.15, 0.2) is 0 Å². The van der Waals surface area contributed by atoms with E-state index in [1.165, 1.54) is 23.8 Å². The molecule has 204 valence electrons. The minimum absolute atomic E-state index is 0.0667. The zero-order chi connectivity index (χ0) is 27.4. The molecule has 0 aliphatic carbocycles. The molecule has 6 nitrogen and oxygen atoms in total. The third-order valence-corrected chi connectivity index (χ3v) is 8.18. The van der Waals surface area contributed by atoms with Crippen LogP contribution in [0.25, 0.3) is 0 Å². The van der Waals surface area contributed by atoms with E-state index in [2.05, 4.69) is 34.1 Å². The maximum atomic E-state index is 14.9. The third-order valence-electron chi connectivity index (χ3n) is 7.15. The maximum Gasteiger partial charge on any atom is 0.238 e. The van der Waals surface area contributed by atoms with Gasteiger partial charge in [-0.15, -0.1) is 0 Å². The first-order valence-electron chi connectivity index (χ1n) is 12.7. The Hall–Kier alpha value is -3.01. The number of benzene rings is 3. The molecule has 4 rings (SSSR count). The first-order valence-corrected chi connectivity index (χ1v) is 14.3. The Morgan fingerprint density at radius 3 is 2.08 bits per heavy atom. The van der Waals surface area contributed by atoms with Crippen LogP contribution in [-0.4, -0.2) is 58.8 Å². The van der Waals surface area contributed by atoms with E-state index >= 15 is 0 Å². The first-order chi connectivity index (χ1) is 18.0. The zero-order valence-electron chi connectivity index (χ0n) is 22.1. The van der Waals surface area contributed by atoms with Crippen molar-refractivity contribution in [3.63, 3.8) is 0 Å². The Morgan fingerprint density at radius 1 is 0.921 bits per heavy atom. The molecule has 1 unspecified atom stereocenters. The zero-order valence-corrected chi connectivity index (χ0v) is 22.9. The molecule has 1 aliphatic rings. The van der Waals surface area contributed by atoms with Gasteiger partial charge in [0.25, 0.3) is 0 Å². The minimum atomic E-state index is -3.84. The summed E-state index contributed by atoms with van der Waals surface area (Å²) in [6, 6.07) is 16.5. The van der Waals surface area contributed by atoms with Crippen molar-refractivity contribution in [3.8, 4) is 5.75 Å². The predicted molar refractivity (Wildman–Crippen MR) is 147 cm³/mol. The van der Waals surface area contributed by atoms with Gasteiger partial charge in [-0.1, -0.05) is 24.3 Å². The second kappa shape index (κ2) is 11.8. The number of halogens is 2. The average molecular weight is 544 g/mol. The number of piperazine rings is 1. The number of hydrogen-bond donors (Lipinski definition) is 1. The lowest BCUT2D eigenvalue weighted by Crippen LogP contribution is -2.48. The summed E-state index contributed by atoms with van der Waals surface area (Å²) in [6.45, 7) is 8.44. The van der Waals surface area contributed by atoms with E-state index in [4.69, 9.17) is 9.88 Å². The number of rotatable bonds is 9. The van der Waals surface area contributed by atoms with Crippen LogP contribution in [0.4, 0.5) is 14.5 Å². The SMILES string of the molecule is Cc1cc(S(N)(=O)=O)c(C)c(C)c1OCC(F)CN1CCN(c2ccc(Cc3ccc(F)cc3)cc2)CC1. The Bertz CT molecular complexity index is 1360. The van der Waals surface area contributed by atoms with E-state index in [0.717, 1.165) is 43.9 Å². The van der Waals surface area contributed by atoms with E-state index < -0.39 is 16.2 Å². The van der Waals surface area contributed by atoms with Crippen LogP contribution in [0, 0.1) is 26.6 Å². The van der Waals surface area contributed by atoms with Crippen molar-refractivity contribution >= 4 is 15.7 Å². The van der Waals surface area contributed by atoms with Gasteiger partial charge >= 0.3 is 0 Å². The van der Waals surface area contributed by atoms with E-state index in [9.17, 15) is 17.2 Å². The summed E-state index contributed by atoms with van der Waals surface area (Å²) in [5.41, 5.74) is 5.15. The van der Waals surface area contributed by atoms with Gasteiger partial charge in [-0.2, -0.15) is 0 Å². The number of hydrogen-bond acceptors (Lipinski definition) is 5. The molecule has 0 radical (unpaired) electrons. The van der Waals surface area contributed by atoms with Crippen LogP contribution in [0.1, 0.15) is 27.8 Å². The quantitative estimate of drug-likeness (QED) is 0.429. The second-order valence-corrected chi connectivity index (χ2v) is 11.5. The standard InChI is InChI=1S/C29H35F2N3O3S/c1-20-16-28(38(32,35)36)21(2)22(3)29(20)37-19-26(31)18-33-12-14-34(15-13-33)27-10-6-24(7-11-27)17-23-4-8-25(30)9-5-23/h4-11,16,26H,12-15,17-19H2,1-3H3,(H2,32,35,36). The molecular weight excluding hydrogens is 508 g/mol. The summed E-state index contributed by atoms with van der Waals surface area (Å²) in [7, 11) is -3.84. The number of nitrogens with zero attached hydrogens (tertiary/aromatic N) is 2. The van der Waals surface area contributed by atoms with Crippen molar-refractivity contribution in [3.05, 3.63) is 88.2 Å². The maximum absolute atomic E-state index is 14.9. The Kier molecular flexibility index (Phi) is 8.70. The molecule has 1 fully saturated rings. The molecule has 1 aliphatic heterocycles. The summed E-state index contributed by atoms with van der Waals surface area (Å²) in [6.07, 6.45) is -0.423. The molecule has 3 aromatic carbocycles. The van der Waals surface area contributed by atoms with Gasteiger partial charge in [-0.25, -0.2) is 22.3 Å². The number of alkyl halides is 1. The summed E-state index contributed by atoms with van der Waals surface area (Å²) >= 11 is 0. The highest BCUT2D eigenvalue weighted by Gasteiger charge is 2.22. The van der Waals surface area contributed by atoms with Crippen LogP contribution >= 0.6 is 0 Å². The molecule has 2 N–H and O–H groups in total. The normalized spacial score (nSPS) is 15.5. The number of ether oxygens (including phenoxy) is 1. The third kappa shape index (κ3) is 6.89. The number of anilines is 1. The number of primary sulfonamides is 1. The van der Waals surface area contributed by atoms with Crippen LogP contribution in [0.3, 0.4) is 0 Å². The lowest BCUT2D eigenvalue weighted by atomic mass is 10.0. The molecule has 0 saturated carbocycles. The summed E-state index contributed by atoms with van der Waals surface area (Å²) in [5.74, 6) is 0.275. The van der Waals surface area contributed by atoms with E-state index in [0.29, 0.717) is 22.4 Å². The summed E-state index contributed by atoms with van der Waals surface area (Å²) in [4.78, 5) is 4.46. The second-order valence-electron chi connectivity index (χ2n) is 9.98. The topological polar surface area (TPSA) is 75.9 Å². The number of aryl methyl sites for hydroxylation is 1. The largest absolute Gasteiger partial charge is 0.490 e. The van der Waals surface area contributed by atoms with Crippen LogP contribution in [-0.2, 0) is 16.4 Å². The van der Waals surface area contributed by atoms with E-state index in [-0.39, 0.29) is 23.9 Å². The number of sulfonamides is 1. The van der Waals surface area contributed by atoms with Crippen molar-refractivity contribution in [1.29, 1.82) is 0 Å². The van der Waals surface area contributed by atoms with Crippen molar-refractivity contribution in [2.45, 2.75) is 38.3 Å². The minimum Gasteiger partial charge on any atom is -0.490 e. The van der Waals surface area contributed by atoms with E-state index in [1.54, 1.807) is 32.9 Å². The van der Waals surface area contributed by atoms with Gasteiger partial charge in [-0.05, 0) is 85.3 Å². The lowest BCUT2D eigenvalue weighted by Gasteiger charge is -2.36. The molecule has 9 heteroatoms. The molecule has 0 spiro atoms. The van der Waals surface area contributed by atoms with Gasteiger partial charge in [-0.3, -0.25) is 4.90 Å². The lowest BCUT2D eigenvalue weighted by molar-refractivity contribution is 0.132. The Labute approximate surface area is 224 Å². The monoisotopic (exact) mass is 543 g/mol. The molecule has 1 saturated heterocycles. The smallest absolute Gasteiger partial charge is 0.238 e. The van der Waals surface area contributed by atoms with Crippen LogP contribution < -0.4 is 14.8 Å². The van der Waals surface area contributed by atoms with Gasteiger partial charge in [0.1, 0.15) is 24.3 Å². The van der Waals surface area contributed by atoms with Crippen LogP contribution in [0.15, 0.2) is 59.5 Å². The Balaban J connectivity index is 1.26. The molecule has 0 aromatic heterocycles. The average Bonchev–Trinajstić information content (AvgIpc) is 2.88. The van der Waals surface area contributed by atoms with Gasteiger partial charge in [0.2, 0.25) is 10.0 Å². The highest BCUT2D eigenvalue weighted by Crippen LogP contribution is 2.31. The highest BCUT2D eigenvalue weighted by molar-refractivity contribution is 7.89. The summed E-state index contributed by atoms with van der Waals surface area (Å²) < 4.78 is 57.4. The molecule has 0 bridgehead atoms.